The van der Waals surface area contributed by atoms with Crippen LogP contribution in [0.2, 0.25) is 0 Å². The lowest BCUT2D eigenvalue weighted by atomic mass is 9.93. The fourth-order valence-corrected chi connectivity index (χ4v) is 3.00. The van der Waals surface area contributed by atoms with Gasteiger partial charge in [-0.1, -0.05) is 13.8 Å². The Kier molecular flexibility index (Phi) is 4.13. The zero-order valence-corrected chi connectivity index (χ0v) is 11.8. The number of alkyl halides is 1. The van der Waals surface area contributed by atoms with E-state index in [1.807, 2.05) is 0 Å². The van der Waals surface area contributed by atoms with Crippen molar-refractivity contribution in [1.29, 1.82) is 0 Å². The average molecular weight is 255 g/mol. The summed E-state index contributed by atoms with van der Waals surface area (Å²) >= 11 is 6.28. The van der Waals surface area contributed by atoms with E-state index in [2.05, 4.69) is 42.8 Å². The molecule has 0 amide bonds. The van der Waals surface area contributed by atoms with Gasteiger partial charge < -0.3 is 0 Å². The summed E-state index contributed by atoms with van der Waals surface area (Å²) < 4.78 is 2.09. The maximum Gasteiger partial charge on any atom is 0.0627 e. The number of hydrogen-bond acceptors (Lipinski definition) is 1. The molecule has 4 atom stereocenters. The third kappa shape index (κ3) is 2.85. The van der Waals surface area contributed by atoms with Gasteiger partial charge >= 0.3 is 0 Å². The first-order valence-corrected chi connectivity index (χ1v) is 7.23. The highest BCUT2D eigenvalue weighted by Crippen LogP contribution is 2.37. The zero-order valence-electron chi connectivity index (χ0n) is 11.1. The van der Waals surface area contributed by atoms with Crippen molar-refractivity contribution in [2.24, 2.45) is 11.8 Å². The molecule has 1 aliphatic rings. The SMILES string of the molecule is CCC(C)n1ccc(CC2CCC(Cl)C2C)n1. The molecule has 0 N–H and O–H groups in total. The number of halogens is 1. The molecule has 96 valence electrons. The molecular weight excluding hydrogens is 232 g/mol. The summed E-state index contributed by atoms with van der Waals surface area (Å²) in [6.07, 6.45) is 6.75. The maximum absolute atomic E-state index is 6.28. The second-order valence-corrected chi connectivity index (χ2v) is 6.02. The van der Waals surface area contributed by atoms with E-state index in [0.29, 0.717) is 17.3 Å². The maximum atomic E-state index is 6.28. The molecule has 1 aromatic rings. The first-order chi connectivity index (χ1) is 8.11. The third-order valence-electron chi connectivity index (χ3n) is 4.30. The Morgan fingerprint density at radius 3 is 2.88 bits per heavy atom. The molecular formula is C14H23ClN2. The molecule has 0 spiro atoms. The highest BCUT2D eigenvalue weighted by molar-refractivity contribution is 6.20. The molecule has 1 fully saturated rings. The van der Waals surface area contributed by atoms with E-state index in [1.165, 1.54) is 18.5 Å². The summed E-state index contributed by atoms with van der Waals surface area (Å²) in [6.45, 7) is 6.69. The van der Waals surface area contributed by atoms with Crippen molar-refractivity contribution < 1.29 is 0 Å². The van der Waals surface area contributed by atoms with Gasteiger partial charge in [-0.3, -0.25) is 4.68 Å². The molecule has 1 saturated carbocycles. The number of hydrogen-bond donors (Lipinski definition) is 0. The lowest BCUT2D eigenvalue weighted by molar-refractivity contribution is 0.408. The van der Waals surface area contributed by atoms with Crippen molar-refractivity contribution >= 4 is 11.6 Å². The van der Waals surface area contributed by atoms with Gasteiger partial charge in [0.25, 0.3) is 0 Å². The van der Waals surface area contributed by atoms with Gasteiger partial charge in [0.2, 0.25) is 0 Å². The Labute approximate surface area is 109 Å². The van der Waals surface area contributed by atoms with Crippen molar-refractivity contribution in [2.75, 3.05) is 0 Å². The Morgan fingerprint density at radius 2 is 2.29 bits per heavy atom. The largest absolute Gasteiger partial charge is 0.270 e. The zero-order chi connectivity index (χ0) is 12.4. The summed E-state index contributed by atoms with van der Waals surface area (Å²) in [5, 5.41) is 5.05. The monoisotopic (exact) mass is 254 g/mol. The van der Waals surface area contributed by atoms with Crippen LogP contribution in [0.3, 0.4) is 0 Å². The van der Waals surface area contributed by atoms with Gasteiger partial charge in [-0.25, -0.2) is 0 Å². The van der Waals surface area contributed by atoms with E-state index in [1.54, 1.807) is 0 Å². The smallest absolute Gasteiger partial charge is 0.0627 e. The first kappa shape index (κ1) is 12.9. The van der Waals surface area contributed by atoms with E-state index >= 15 is 0 Å². The second-order valence-electron chi connectivity index (χ2n) is 5.46. The number of rotatable bonds is 4. The van der Waals surface area contributed by atoms with Gasteiger partial charge in [0.05, 0.1) is 5.69 Å². The van der Waals surface area contributed by atoms with Crippen LogP contribution in [0.15, 0.2) is 12.3 Å². The minimum atomic E-state index is 0.372. The van der Waals surface area contributed by atoms with Gasteiger partial charge in [-0.15, -0.1) is 11.6 Å². The minimum Gasteiger partial charge on any atom is -0.270 e. The van der Waals surface area contributed by atoms with Crippen molar-refractivity contribution in [2.45, 2.75) is 57.9 Å². The highest BCUT2D eigenvalue weighted by atomic mass is 35.5. The standard InChI is InChI=1S/C14H23ClN2/c1-4-10(2)17-8-7-13(16-17)9-12-5-6-14(15)11(12)3/h7-8,10-12,14H,4-6,9H2,1-3H3. The van der Waals surface area contributed by atoms with E-state index < -0.39 is 0 Å². The van der Waals surface area contributed by atoms with Crippen LogP contribution in [0.5, 0.6) is 0 Å². The number of nitrogens with zero attached hydrogens (tertiary/aromatic N) is 2. The topological polar surface area (TPSA) is 17.8 Å². The molecule has 1 aromatic heterocycles. The van der Waals surface area contributed by atoms with Gasteiger partial charge in [0, 0.05) is 17.6 Å². The molecule has 0 saturated heterocycles. The van der Waals surface area contributed by atoms with Crippen LogP contribution in [0, 0.1) is 11.8 Å². The lowest BCUT2D eigenvalue weighted by Crippen LogP contribution is -2.14. The Bertz CT molecular complexity index is 361. The molecule has 1 heterocycles. The van der Waals surface area contributed by atoms with E-state index in [-0.39, 0.29) is 0 Å². The normalized spacial score (nSPS) is 30.7. The van der Waals surface area contributed by atoms with E-state index in [9.17, 15) is 0 Å². The van der Waals surface area contributed by atoms with Crippen molar-refractivity contribution in [3.8, 4) is 0 Å². The lowest BCUT2D eigenvalue weighted by Gasteiger charge is -2.15. The van der Waals surface area contributed by atoms with E-state index in [4.69, 9.17) is 11.6 Å². The van der Waals surface area contributed by atoms with Crippen LogP contribution >= 0.6 is 11.6 Å². The molecule has 3 heteroatoms. The fourth-order valence-electron chi connectivity index (χ4n) is 2.67. The quantitative estimate of drug-likeness (QED) is 0.742. The third-order valence-corrected chi connectivity index (χ3v) is 4.92. The molecule has 0 aliphatic heterocycles. The molecule has 0 radical (unpaired) electrons. The summed E-state index contributed by atoms with van der Waals surface area (Å²) in [7, 11) is 0. The Hall–Kier alpha value is -0.500. The fraction of sp³-hybridized carbons (Fsp3) is 0.786. The van der Waals surface area contributed by atoms with Crippen LogP contribution < -0.4 is 0 Å². The molecule has 0 bridgehead atoms. The first-order valence-electron chi connectivity index (χ1n) is 6.80. The summed E-state index contributed by atoms with van der Waals surface area (Å²) in [4.78, 5) is 0. The van der Waals surface area contributed by atoms with Gasteiger partial charge in [0.15, 0.2) is 0 Å². The number of aromatic nitrogens is 2. The predicted octanol–water partition coefficient (Wildman–Crippen LogP) is 4.05. The average Bonchev–Trinajstić information content (AvgIpc) is 2.91. The van der Waals surface area contributed by atoms with Crippen LogP contribution in [0.4, 0.5) is 0 Å². The van der Waals surface area contributed by atoms with E-state index in [0.717, 1.165) is 18.8 Å². The summed E-state index contributed by atoms with van der Waals surface area (Å²) in [5.74, 6) is 1.35. The molecule has 2 nitrogen and oxygen atoms in total. The highest BCUT2D eigenvalue weighted by Gasteiger charge is 2.31. The van der Waals surface area contributed by atoms with Crippen molar-refractivity contribution in [1.82, 2.24) is 9.78 Å². The Balaban J connectivity index is 1.97. The van der Waals surface area contributed by atoms with Gasteiger partial charge in [-0.05, 0) is 50.5 Å². The van der Waals surface area contributed by atoms with Crippen molar-refractivity contribution in [3.05, 3.63) is 18.0 Å². The Morgan fingerprint density at radius 1 is 1.53 bits per heavy atom. The van der Waals surface area contributed by atoms with Crippen LogP contribution in [0.1, 0.15) is 51.8 Å². The second kappa shape index (κ2) is 5.43. The van der Waals surface area contributed by atoms with Crippen LogP contribution in [-0.4, -0.2) is 15.2 Å². The van der Waals surface area contributed by atoms with Crippen LogP contribution in [0.25, 0.3) is 0 Å². The summed E-state index contributed by atoms with van der Waals surface area (Å²) in [6, 6.07) is 2.67. The molecule has 4 unspecified atom stereocenters. The van der Waals surface area contributed by atoms with Crippen LogP contribution in [-0.2, 0) is 6.42 Å². The van der Waals surface area contributed by atoms with Gasteiger partial charge in [-0.2, -0.15) is 5.10 Å². The molecule has 17 heavy (non-hydrogen) atoms. The molecule has 2 rings (SSSR count). The molecule has 1 aliphatic carbocycles. The predicted molar refractivity (Wildman–Crippen MR) is 72.5 cm³/mol. The summed E-state index contributed by atoms with van der Waals surface area (Å²) in [5.41, 5.74) is 1.23. The minimum absolute atomic E-state index is 0.372. The van der Waals surface area contributed by atoms with Gasteiger partial charge in [0.1, 0.15) is 0 Å². The van der Waals surface area contributed by atoms with Crippen molar-refractivity contribution in [3.63, 3.8) is 0 Å². The molecule has 0 aromatic carbocycles.